The van der Waals surface area contributed by atoms with Gasteiger partial charge in [0.15, 0.2) is 5.17 Å². The third-order valence-corrected chi connectivity index (χ3v) is 4.15. The fourth-order valence-corrected chi connectivity index (χ4v) is 3.39. The summed E-state index contributed by atoms with van der Waals surface area (Å²) in [5, 5.41) is 4.37. The summed E-state index contributed by atoms with van der Waals surface area (Å²) < 4.78 is 38.6. The summed E-state index contributed by atoms with van der Waals surface area (Å²) in [4.78, 5) is 4.30. The van der Waals surface area contributed by atoms with E-state index in [1.54, 1.807) is 17.8 Å². The summed E-state index contributed by atoms with van der Waals surface area (Å²) in [5.74, 6) is 0. The Kier molecular flexibility index (Phi) is 4.62. The number of benzene rings is 1. The second-order valence-corrected chi connectivity index (χ2v) is 6.41. The number of rotatable bonds is 2. The highest BCUT2D eigenvalue weighted by Crippen LogP contribution is 2.32. The van der Waals surface area contributed by atoms with Gasteiger partial charge in [0.05, 0.1) is 12.1 Å². The number of amidine groups is 1. The fourth-order valence-electron chi connectivity index (χ4n) is 2.21. The van der Waals surface area contributed by atoms with Crippen LogP contribution >= 0.6 is 11.8 Å². The zero-order chi connectivity index (χ0) is 14.8. The van der Waals surface area contributed by atoms with Gasteiger partial charge in [0.2, 0.25) is 0 Å². The number of alkyl halides is 3. The largest absolute Gasteiger partial charge is 0.416 e. The van der Waals surface area contributed by atoms with E-state index in [-0.39, 0.29) is 12.1 Å². The van der Waals surface area contributed by atoms with Crippen LogP contribution in [-0.2, 0) is 12.7 Å². The molecule has 0 saturated carbocycles. The molecule has 0 aromatic heterocycles. The predicted octanol–water partition coefficient (Wildman–Crippen LogP) is 4.06. The Morgan fingerprint density at radius 1 is 1.30 bits per heavy atom. The number of aliphatic imine (C=N–C) groups is 1. The number of nitrogens with zero attached hydrogens (tertiary/aromatic N) is 1. The van der Waals surface area contributed by atoms with Gasteiger partial charge in [-0.05, 0) is 25.0 Å². The molecule has 0 aliphatic carbocycles. The molecule has 1 aliphatic rings. The molecule has 0 amide bonds. The second-order valence-electron chi connectivity index (χ2n) is 4.99. The predicted molar refractivity (Wildman–Crippen MR) is 76.9 cm³/mol. The third kappa shape index (κ3) is 3.91. The van der Waals surface area contributed by atoms with E-state index in [4.69, 9.17) is 0 Å². The number of thioether (sulfide) groups is 1. The molecule has 1 N–H and O–H groups in total. The highest BCUT2D eigenvalue weighted by Gasteiger charge is 2.32. The Bertz CT molecular complexity index is 487. The minimum atomic E-state index is -4.33. The first-order chi connectivity index (χ1) is 9.36. The molecule has 1 aromatic rings. The van der Waals surface area contributed by atoms with Crippen molar-refractivity contribution in [3.8, 4) is 0 Å². The first kappa shape index (κ1) is 15.2. The van der Waals surface area contributed by atoms with Crippen LogP contribution in [0.25, 0.3) is 0 Å². The molecule has 6 heteroatoms. The average Bonchev–Trinajstić information content (AvgIpc) is 2.34. The molecule has 2 unspecified atom stereocenters. The molecule has 1 aliphatic heterocycles. The number of hydrogen-bond acceptors (Lipinski definition) is 2. The Morgan fingerprint density at radius 3 is 2.65 bits per heavy atom. The maximum absolute atomic E-state index is 12.9. The summed E-state index contributed by atoms with van der Waals surface area (Å²) in [6, 6.07) is 5.90. The van der Waals surface area contributed by atoms with Crippen LogP contribution in [0.15, 0.2) is 29.3 Å². The van der Waals surface area contributed by atoms with Crippen LogP contribution in [0.3, 0.4) is 0 Å². The molecule has 1 heterocycles. The van der Waals surface area contributed by atoms with Gasteiger partial charge in [-0.15, -0.1) is 0 Å². The van der Waals surface area contributed by atoms with Crippen LogP contribution in [0.4, 0.5) is 13.2 Å². The van der Waals surface area contributed by atoms with Crippen molar-refractivity contribution in [2.24, 2.45) is 4.99 Å². The standard InChI is InChI=1S/C14H17F3N2S/c1-9-7-10(2)20-13(19-9)18-8-11-5-3-4-6-12(11)14(15,16)17/h3-6,9-10H,7-8H2,1-2H3,(H,18,19). The highest BCUT2D eigenvalue weighted by atomic mass is 32.2. The number of halogens is 3. The van der Waals surface area contributed by atoms with Gasteiger partial charge >= 0.3 is 6.18 Å². The first-order valence-corrected chi connectivity index (χ1v) is 7.37. The van der Waals surface area contributed by atoms with E-state index in [1.807, 2.05) is 0 Å². The van der Waals surface area contributed by atoms with Gasteiger partial charge in [0.25, 0.3) is 0 Å². The Labute approximate surface area is 120 Å². The molecule has 0 bridgehead atoms. The zero-order valence-electron chi connectivity index (χ0n) is 11.4. The zero-order valence-corrected chi connectivity index (χ0v) is 12.2. The summed E-state index contributed by atoms with van der Waals surface area (Å²) in [5.41, 5.74) is -0.396. The third-order valence-electron chi connectivity index (χ3n) is 3.08. The van der Waals surface area contributed by atoms with Crippen LogP contribution in [-0.4, -0.2) is 16.5 Å². The van der Waals surface area contributed by atoms with Crippen molar-refractivity contribution in [1.82, 2.24) is 5.32 Å². The molecular weight excluding hydrogens is 285 g/mol. The molecular formula is C14H17F3N2S. The summed E-state index contributed by atoms with van der Waals surface area (Å²) in [6.07, 6.45) is -3.30. The molecule has 1 fully saturated rings. The normalized spacial score (nSPS) is 25.6. The Morgan fingerprint density at radius 2 is 2.00 bits per heavy atom. The summed E-state index contributed by atoms with van der Waals surface area (Å²) in [7, 11) is 0. The maximum atomic E-state index is 12.9. The van der Waals surface area contributed by atoms with Gasteiger partial charge in [-0.3, -0.25) is 4.99 Å². The summed E-state index contributed by atoms with van der Waals surface area (Å²) >= 11 is 1.58. The van der Waals surface area contributed by atoms with Crippen molar-refractivity contribution in [1.29, 1.82) is 0 Å². The van der Waals surface area contributed by atoms with Gasteiger partial charge in [0.1, 0.15) is 0 Å². The first-order valence-electron chi connectivity index (χ1n) is 6.49. The summed E-state index contributed by atoms with van der Waals surface area (Å²) in [6.45, 7) is 4.20. The van der Waals surface area contributed by atoms with E-state index < -0.39 is 11.7 Å². The molecule has 2 nitrogen and oxygen atoms in total. The molecule has 0 spiro atoms. The highest BCUT2D eigenvalue weighted by molar-refractivity contribution is 8.14. The molecule has 2 atom stereocenters. The number of hydrogen-bond donors (Lipinski definition) is 1. The van der Waals surface area contributed by atoms with Crippen LogP contribution in [0.5, 0.6) is 0 Å². The monoisotopic (exact) mass is 302 g/mol. The van der Waals surface area contributed by atoms with Gasteiger partial charge in [0, 0.05) is 11.3 Å². The van der Waals surface area contributed by atoms with Crippen molar-refractivity contribution < 1.29 is 13.2 Å². The lowest BCUT2D eigenvalue weighted by Crippen LogP contribution is -2.38. The average molecular weight is 302 g/mol. The van der Waals surface area contributed by atoms with Crippen molar-refractivity contribution in [3.05, 3.63) is 35.4 Å². The lowest BCUT2D eigenvalue weighted by Gasteiger charge is -2.27. The second kappa shape index (κ2) is 6.08. The van der Waals surface area contributed by atoms with E-state index in [0.717, 1.165) is 17.7 Å². The Balaban J connectivity index is 2.15. The van der Waals surface area contributed by atoms with Gasteiger partial charge < -0.3 is 5.32 Å². The van der Waals surface area contributed by atoms with Crippen molar-refractivity contribution in [2.75, 3.05) is 0 Å². The maximum Gasteiger partial charge on any atom is 0.416 e. The lowest BCUT2D eigenvalue weighted by molar-refractivity contribution is -0.138. The van der Waals surface area contributed by atoms with Crippen molar-refractivity contribution in [3.63, 3.8) is 0 Å². The van der Waals surface area contributed by atoms with E-state index in [9.17, 15) is 13.2 Å². The smallest absolute Gasteiger partial charge is 0.362 e. The van der Waals surface area contributed by atoms with Crippen LogP contribution in [0, 0.1) is 0 Å². The minimum absolute atomic E-state index is 0.0461. The van der Waals surface area contributed by atoms with Crippen LogP contribution in [0.2, 0.25) is 0 Å². The molecule has 20 heavy (non-hydrogen) atoms. The van der Waals surface area contributed by atoms with Gasteiger partial charge in [-0.25, -0.2) is 0 Å². The van der Waals surface area contributed by atoms with E-state index in [1.165, 1.54) is 12.1 Å². The fraction of sp³-hybridized carbons (Fsp3) is 0.500. The van der Waals surface area contributed by atoms with Crippen LogP contribution < -0.4 is 5.32 Å². The molecule has 1 saturated heterocycles. The van der Waals surface area contributed by atoms with Crippen LogP contribution in [0.1, 0.15) is 31.4 Å². The van der Waals surface area contributed by atoms with E-state index >= 15 is 0 Å². The molecule has 2 rings (SSSR count). The van der Waals surface area contributed by atoms with E-state index in [0.29, 0.717) is 11.3 Å². The Hall–Kier alpha value is -1.17. The molecule has 1 aromatic carbocycles. The SMILES string of the molecule is CC1CC(C)SC(=NCc2ccccc2C(F)(F)F)N1. The minimum Gasteiger partial charge on any atom is -0.362 e. The lowest BCUT2D eigenvalue weighted by atomic mass is 10.1. The van der Waals surface area contributed by atoms with Gasteiger partial charge in [-0.2, -0.15) is 13.2 Å². The molecule has 0 radical (unpaired) electrons. The van der Waals surface area contributed by atoms with Crippen molar-refractivity contribution >= 4 is 16.9 Å². The van der Waals surface area contributed by atoms with Crippen molar-refractivity contribution in [2.45, 2.75) is 44.3 Å². The quantitative estimate of drug-likeness (QED) is 0.890. The van der Waals surface area contributed by atoms with Gasteiger partial charge in [-0.1, -0.05) is 36.9 Å². The topological polar surface area (TPSA) is 24.4 Å². The van der Waals surface area contributed by atoms with E-state index in [2.05, 4.69) is 24.2 Å². The number of nitrogens with one attached hydrogen (secondary N) is 1. The molecule has 110 valence electrons.